The Balaban J connectivity index is 2.10. The fraction of sp³-hybridized carbons (Fsp3) is 0.417. The van der Waals surface area contributed by atoms with Crippen LogP contribution >= 0.6 is 11.8 Å². The molecule has 1 aliphatic rings. The Kier molecular flexibility index (Phi) is 3.49. The van der Waals surface area contributed by atoms with Gasteiger partial charge < -0.3 is 5.32 Å². The Morgan fingerprint density at radius 1 is 1.56 bits per heavy atom. The number of halogens is 1. The van der Waals surface area contributed by atoms with E-state index in [1.807, 2.05) is 13.0 Å². The van der Waals surface area contributed by atoms with Crippen LogP contribution in [0.1, 0.15) is 18.9 Å². The maximum Gasteiger partial charge on any atom is 0.161 e. The summed E-state index contributed by atoms with van der Waals surface area (Å²) in [5.74, 6) is 0.773. The molecule has 0 bridgehead atoms. The number of anilines is 1. The van der Waals surface area contributed by atoms with Gasteiger partial charge in [0.2, 0.25) is 0 Å². The lowest BCUT2D eigenvalue weighted by atomic mass is 10.2. The highest BCUT2D eigenvalue weighted by Crippen LogP contribution is 2.23. The molecule has 2 rings (SSSR count). The molecule has 1 aromatic carbocycles. The van der Waals surface area contributed by atoms with Crippen molar-refractivity contribution >= 4 is 22.6 Å². The van der Waals surface area contributed by atoms with Crippen LogP contribution in [0.25, 0.3) is 0 Å². The maximum absolute atomic E-state index is 13.6. The Labute approximate surface area is 99.3 Å². The van der Waals surface area contributed by atoms with Gasteiger partial charge in [-0.3, -0.25) is 4.99 Å². The smallest absolute Gasteiger partial charge is 0.161 e. The maximum atomic E-state index is 13.6. The average molecular weight is 238 g/mol. The number of nitrogens with one attached hydrogen (secondary N) is 1. The number of amidine groups is 1. The van der Waals surface area contributed by atoms with Crippen LogP contribution in [0.3, 0.4) is 0 Å². The van der Waals surface area contributed by atoms with Gasteiger partial charge in [-0.15, -0.1) is 0 Å². The highest BCUT2D eigenvalue weighted by molar-refractivity contribution is 8.14. The van der Waals surface area contributed by atoms with Gasteiger partial charge >= 0.3 is 0 Å². The topological polar surface area (TPSA) is 24.4 Å². The van der Waals surface area contributed by atoms with Gasteiger partial charge in [0, 0.05) is 5.75 Å². The number of aliphatic imine (C=N–C) groups is 1. The molecule has 0 fully saturated rings. The predicted molar refractivity (Wildman–Crippen MR) is 68.7 cm³/mol. The molecule has 0 radical (unpaired) electrons. The van der Waals surface area contributed by atoms with Crippen LogP contribution in [0.5, 0.6) is 0 Å². The number of nitrogens with zero attached hydrogens (tertiary/aromatic N) is 1. The van der Waals surface area contributed by atoms with Crippen molar-refractivity contribution in [2.45, 2.75) is 26.3 Å². The summed E-state index contributed by atoms with van der Waals surface area (Å²) in [7, 11) is 0. The van der Waals surface area contributed by atoms with Crippen LogP contribution < -0.4 is 5.32 Å². The monoisotopic (exact) mass is 238 g/mol. The Hall–Kier alpha value is -1.03. The van der Waals surface area contributed by atoms with E-state index in [1.54, 1.807) is 17.8 Å². The molecule has 16 heavy (non-hydrogen) atoms. The summed E-state index contributed by atoms with van der Waals surface area (Å²) < 4.78 is 13.6. The number of hydrogen-bond donors (Lipinski definition) is 1. The summed E-state index contributed by atoms with van der Waals surface area (Å²) in [6.07, 6.45) is 1.04. The van der Waals surface area contributed by atoms with E-state index in [0.717, 1.165) is 22.9 Å². The molecule has 0 aromatic heterocycles. The third kappa shape index (κ3) is 2.55. The molecule has 2 nitrogen and oxygen atoms in total. The van der Waals surface area contributed by atoms with E-state index in [2.05, 4.69) is 17.2 Å². The Bertz CT molecular complexity index is 417. The zero-order valence-corrected chi connectivity index (χ0v) is 10.3. The first kappa shape index (κ1) is 11.5. The van der Waals surface area contributed by atoms with E-state index >= 15 is 0 Å². The van der Waals surface area contributed by atoms with Gasteiger partial charge in [0.25, 0.3) is 0 Å². The molecule has 1 aromatic rings. The van der Waals surface area contributed by atoms with Gasteiger partial charge in [-0.2, -0.15) is 0 Å². The van der Waals surface area contributed by atoms with Crippen molar-refractivity contribution in [1.82, 2.24) is 0 Å². The van der Waals surface area contributed by atoms with Crippen molar-refractivity contribution in [2.75, 3.05) is 11.1 Å². The molecule has 0 aliphatic carbocycles. The molecule has 4 heteroatoms. The van der Waals surface area contributed by atoms with Crippen LogP contribution in [0.2, 0.25) is 0 Å². The lowest BCUT2D eigenvalue weighted by Gasteiger charge is -2.06. The molecular weight excluding hydrogens is 223 g/mol. The molecule has 1 atom stereocenters. The second-order valence-electron chi connectivity index (χ2n) is 3.92. The van der Waals surface area contributed by atoms with Crippen LogP contribution in [0.4, 0.5) is 10.1 Å². The second kappa shape index (κ2) is 4.87. The molecule has 1 unspecified atom stereocenters. The predicted octanol–water partition coefficient (Wildman–Crippen LogP) is 3.43. The van der Waals surface area contributed by atoms with Crippen LogP contribution in [-0.2, 0) is 0 Å². The standard InChI is InChI=1S/C12H15FN2S/c1-3-9-7-16-12(14-9)15-11-5-4-8(2)6-10(11)13/h4-6,9H,3,7H2,1-2H3,(H,14,15). The molecular formula is C12H15FN2S. The quantitative estimate of drug-likeness (QED) is 0.853. The number of rotatable bonds is 2. The molecule has 0 saturated carbocycles. The molecule has 0 saturated heterocycles. The number of aryl methyl sites for hydroxylation is 1. The van der Waals surface area contributed by atoms with Crippen LogP contribution in [0, 0.1) is 12.7 Å². The molecule has 86 valence electrons. The zero-order valence-electron chi connectivity index (χ0n) is 9.46. The molecule has 0 spiro atoms. The summed E-state index contributed by atoms with van der Waals surface area (Å²) >= 11 is 1.66. The minimum atomic E-state index is -0.219. The summed E-state index contributed by atoms with van der Waals surface area (Å²) in [6, 6.07) is 5.55. The van der Waals surface area contributed by atoms with Gasteiger partial charge in [0.05, 0.1) is 11.7 Å². The van der Waals surface area contributed by atoms with Gasteiger partial charge in [-0.05, 0) is 31.0 Å². The fourth-order valence-corrected chi connectivity index (χ4v) is 2.60. The summed E-state index contributed by atoms with van der Waals surface area (Å²) in [5, 5.41) is 3.87. The average Bonchev–Trinajstić information content (AvgIpc) is 2.70. The minimum absolute atomic E-state index is 0.219. The molecule has 0 amide bonds. The third-order valence-corrected chi connectivity index (χ3v) is 3.58. The highest BCUT2D eigenvalue weighted by atomic mass is 32.2. The second-order valence-corrected chi connectivity index (χ2v) is 4.92. The number of benzene rings is 1. The Morgan fingerprint density at radius 2 is 2.38 bits per heavy atom. The molecule has 1 aliphatic heterocycles. The largest absolute Gasteiger partial charge is 0.333 e. The van der Waals surface area contributed by atoms with Crippen LogP contribution in [-0.4, -0.2) is 17.0 Å². The SMILES string of the molecule is CCC1CSC(Nc2ccc(C)cc2F)=N1. The zero-order chi connectivity index (χ0) is 11.5. The first-order valence-electron chi connectivity index (χ1n) is 5.43. The van der Waals surface area contributed by atoms with Gasteiger partial charge in [-0.1, -0.05) is 24.8 Å². The highest BCUT2D eigenvalue weighted by Gasteiger charge is 2.17. The van der Waals surface area contributed by atoms with E-state index in [1.165, 1.54) is 6.07 Å². The van der Waals surface area contributed by atoms with Gasteiger partial charge in [0.15, 0.2) is 5.17 Å². The number of thioether (sulfide) groups is 1. The normalized spacial score (nSPS) is 19.7. The lowest BCUT2D eigenvalue weighted by molar-refractivity contribution is 0.631. The van der Waals surface area contributed by atoms with E-state index in [4.69, 9.17) is 0 Å². The summed E-state index contributed by atoms with van der Waals surface area (Å²) in [6.45, 7) is 3.99. The summed E-state index contributed by atoms with van der Waals surface area (Å²) in [4.78, 5) is 4.47. The van der Waals surface area contributed by atoms with Gasteiger partial charge in [0.1, 0.15) is 5.82 Å². The number of hydrogen-bond acceptors (Lipinski definition) is 3. The van der Waals surface area contributed by atoms with Crippen molar-refractivity contribution in [3.63, 3.8) is 0 Å². The van der Waals surface area contributed by atoms with Crippen molar-refractivity contribution in [1.29, 1.82) is 0 Å². The fourth-order valence-electron chi connectivity index (χ4n) is 1.53. The molecule has 1 heterocycles. The first-order chi connectivity index (χ1) is 7.69. The van der Waals surface area contributed by atoms with E-state index in [-0.39, 0.29) is 5.82 Å². The van der Waals surface area contributed by atoms with E-state index < -0.39 is 0 Å². The van der Waals surface area contributed by atoms with Crippen molar-refractivity contribution in [3.8, 4) is 0 Å². The van der Waals surface area contributed by atoms with Crippen molar-refractivity contribution in [2.24, 2.45) is 4.99 Å². The van der Waals surface area contributed by atoms with E-state index in [9.17, 15) is 4.39 Å². The first-order valence-corrected chi connectivity index (χ1v) is 6.41. The van der Waals surface area contributed by atoms with Crippen molar-refractivity contribution in [3.05, 3.63) is 29.6 Å². The van der Waals surface area contributed by atoms with Gasteiger partial charge in [-0.25, -0.2) is 4.39 Å². The van der Waals surface area contributed by atoms with Crippen LogP contribution in [0.15, 0.2) is 23.2 Å². The Morgan fingerprint density at radius 3 is 3.00 bits per heavy atom. The summed E-state index contributed by atoms with van der Waals surface area (Å²) in [5.41, 5.74) is 1.43. The third-order valence-electron chi connectivity index (χ3n) is 2.55. The minimum Gasteiger partial charge on any atom is -0.333 e. The van der Waals surface area contributed by atoms with E-state index in [0.29, 0.717) is 11.7 Å². The molecule has 1 N–H and O–H groups in total. The van der Waals surface area contributed by atoms with Crippen molar-refractivity contribution < 1.29 is 4.39 Å². The lowest BCUT2D eigenvalue weighted by Crippen LogP contribution is -2.07.